The molecule has 0 bridgehead atoms. The highest BCUT2D eigenvalue weighted by atomic mass is 35.5. The van der Waals surface area contributed by atoms with Crippen molar-refractivity contribution < 1.29 is 9.59 Å². The van der Waals surface area contributed by atoms with Crippen molar-refractivity contribution in [2.24, 2.45) is 5.10 Å². The van der Waals surface area contributed by atoms with Crippen molar-refractivity contribution in [3.63, 3.8) is 0 Å². The Bertz CT molecular complexity index is 774. The van der Waals surface area contributed by atoms with E-state index in [0.29, 0.717) is 21.2 Å². The monoisotopic (exact) mass is 363 g/mol. The van der Waals surface area contributed by atoms with Crippen LogP contribution in [0.25, 0.3) is 0 Å². The van der Waals surface area contributed by atoms with E-state index in [2.05, 4.69) is 15.8 Å². The van der Waals surface area contributed by atoms with Gasteiger partial charge in [-0.2, -0.15) is 5.10 Å². The first-order valence-corrected chi connectivity index (χ1v) is 7.83. The first kappa shape index (κ1) is 18.0. The first-order chi connectivity index (χ1) is 11.5. The number of hydrogen-bond acceptors (Lipinski definition) is 3. The third-order valence-electron chi connectivity index (χ3n) is 3.08. The number of amides is 2. The summed E-state index contributed by atoms with van der Waals surface area (Å²) < 4.78 is 0. The SMILES string of the molecule is Cc1ccc(C(=O)NCC(=O)N/N=C\c2ccc(Cl)cc2Cl)cc1. The molecule has 124 valence electrons. The third kappa shape index (κ3) is 5.37. The summed E-state index contributed by atoms with van der Waals surface area (Å²) in [6.45, 7) is 1.75. The van der Waals surface area contributed by atoms with Crippen LogP contribution in [0.15, 0.2) is 47.6 Å². The van der Waals surface area contributed by atoms with Crippen LogP contribution < -0.4 is 10.7 Å². The molecule has 0 aromatic heterocycles. The fraction of sp³-hybridized carbons (Fsp3) is 0.118. The highest BCUT2D eigenvalue weighted by Gasteiger charge is 2.07. The molecule has 0 radical (unpaired) electrons. The minimum Gasteiger partial charge on any atom is -0.343 e. The van der Waals surface area contributed by atoms with Crippen LogP contribution in [0.2, 0.25) is 10.0 Å². The number of hydrazone groups is 1. The number of aryl methyl sites for hydroxylation is 1. The Kier molecular flexibility index (Phi) is 6.35. The van der Waals surface area contributed by atoms with Crippen molar-refractivity contribution in [3.05, 3.63) is 69.2 Å². The van der Waals surface area contributed by atoms with E-state index in [9.17, 15) is 9.59 Å². The molecule has 0 spiro atoms. The van der Waals surface area contributed by atoms with Crippen molar-refractivity contribution in [3.8, 4) is 0 Å². The van der Waals surface area contributed by atoms with Crippen LogP contribution in [0.1, 0.15) is 21.5 Å². The summed E-state index contributed by atoms with van der Waals surface area (Å²) in [7, 11) is 0. The van der Waals surface area contributed by atoms with Gasteiger partial charge >= 0.3 is 0 Å². The Morgan fingerprint density at radius 2 is 1.83 bits per heavy atom. The van der Waals surface area contributed by atoms with Crippen molar-refractivity contribution in [1.29, 1.82) is 0 Å². The lowest BCUT2D eigenvalue weighted by Crippen LogP contribution is -2.34. The number of benzene rings is 2. The van der Waals surface area contributed by atoms with Gasteiger partial charge in [0.1, 0.15) is 0 Å². The standard InChI is InChI=1S/C17H15Cl2N3O2/c1-11-2-4-12(5-3-11)17(24)20-10-16(23)22-21-9-13-6-7-14(18)8-15(13)19/h2-9H,10H2,1H3,(H,20,24)(H,22,23)/b21-9-. The number of rotatable bonds is 5. The van der Waals surface area contributed by atoms with Gasteiger partial charge in [-0.3, -0.25) is 9.59 Å². The molecule has 0 heterocycles. The van der Waals surface area contributed by atoms with E-state index >= 15 is 0 Å². The molecule has 0 saturated carbocycles. The molecule has 0 aliphatic carbocycles. The van der Waals surface area contributed by atoms with E-state index in [0.717, 1.165) is 5.56 Å². The molecule has 2 amide bonds. The van der Waals surface area contributed by atoms with Gasteiger partial charge in [-0.1, -0.05) is 47.0 Å². The van der Waals surface area contributed by atoms with E-state index in [4.69, 9.17) is 23.2 Å². The third-order valence-corrected chi connectivity index (χ3v) is 3.64. The minimum absolute atomic E-state index is 0.182. The summed E-state index contributed by atoms with van der Waals surface area (Å²) in [5.41, 5.74) is 4.47. The molecule has 0 fully saturated rings. The quantitative estimate of drug-likeness (QED) is 0.632. The summed E-state index contributed by atoms with van der Waals surface area (Å²) >= 11 is 11.8. The van der Waals surface area contributed by atoms with Gasteiger partial charge in [0.2, 0.25) is 0 Å². The lowest BCUT2D eigenvalue weighted by Gasteiger charge is -2.04. The van der Waals surface area contributed by atoms with E-state index in [1.54, 1.807) is 30.3 Å². The molecule has 7 heteroatoms. The normalized spacial score (nSPS) is 10.6. The molecule has 24 heavy (non-hydrogen) atoms. The summed E-state index contributed by atoms with van der Waals surface area (Å²) in [4.78, 5) is 23.5. The second-order valence-corrected chi connectivity index (χ2v) is 5.85. The van der Waals surface area contributed by atoms with Crippen molar-refractivity contribution in [2.75, 3.05) is 6.54 Å². The van der Waals surface area contributed by atoms with E-state index in [-0.39, 0.29) is 12.5 Å². The van der Waals surface area contributed by atoms with Crippen LogP contribution in [-0.2, 0) is 4.79 Å². The molecule has 0 aliphatic rings. The predicted molar refractivity (Wildman–Crippen MR) is 95.7 cm³/mol. The van der Waals surface area contributed by atoms with Crippen molar-refractivity contribution in [1.82, 2.24) is 10.7 Å². The second-order valence-electron chi connectivity index (χ2n) is 5.01. The number of carbonyl (C=O) groups is 2. The zero-order chi connectivity index (χ0) is 17.5. The molecule has 2 N–H and O–H groups in total. The largest absolute Gasteiger partial charge is 0.343 e. The maximum Gasteiger partial charge on any atom is 0.259 e. The molecule has 2 aromatic carbocycles. The maximum absolute atomic E-state index is 11.9. The van der Waals surface area contributed by atoms with Gasteiger partial charge in [-0.05, 0) is 31.2 Å². The van der Waals surface area contributed by atoms with Crippen LogP contribution in [0, 0.1) is 6.92 Å². The maximum atomic E-state index is 11.9. The van der Waals surface area contributed by atoms with Gasteiger partial charge in [0.05, 0.1) is 17.8 Å². The van der Waals surface area contributed by atoms with Gasteiger partial charge in [-0.15, -0.1) is 0 Å². The zero-order valence-corrected chi connectivity index (χ0v) is 14.4. The smallest absolute Gasteiger partial charge is 0.259 e. The fourth-order valence-corrected chi connectivity index (χ4v) is 2.24. The van der Waals surface area contributed by atoms with E-state index < -0.39 is 5.91 Å². The molecule has 5 nitrogen and oxygen atoms in total. The molecule has 0 unspecified atom stereocenters. The topological polar surface area (TPSA) is 70.6 Å². The van der Waals surface area contributed by atoms with Crippen LogP contribution in [0.4, 0.5) is 0 Å². The Morgan fingerprint density at radius 1 is 1.12 bits per heavy atom. The number of halogens is 2. The average Bonchev–Trinajstić information content (AvgIpc) is 2.55. The molecular formula is C17H15Cl2N3O2. The summed E-state index contributed by atoms with van der Waals surface area (Å²) in [5, 5.41) is 7.25. The summed E-state index contributed by atoms with van der Waals surface area (Å²) in [6, 6.07) is 12.0. The number of carbonyl (C=O) groups excluding carboxylic acids is 2. The van der Waals surface area contributed by atoms with Gasteiger partial charge in [-0.25, -0.2) is 5.43 Å². The van der Waals surface area contributed by atoms with Gasteiger partial charge in [0.15, 0.2) is 0 Å². The molecule has 0 aliphatic heterocycles. The van der Waals surface area contributed by atoms with Crippen molar-refractivity contribution >= 4 is 41.2 Å². The van der Waals surface area contributed by atoms with Gasteiger partial charge in [0.25, 0.3) is 11.8 Å². The van der Waals surface area contributed by atoms with Crippen LogP contribution in [0.3, 0.4) is 0 Å². The van der Waals surface area contributed by atoms with Gasteiger partial charge < -0.3 is 5.32 Å². The van der Waals surface area contributed by atoms with E-state index in [1.807, 2.05) is 19.1 Å². The first-order valence-electron chi connectivity index (χ1n) is 7.07. The Hall–Kier alpha value is -2.37. The molecule has 0 saturated heterocycles. The lowest BCUT2D eigenvalue weighted by atomic mass is 10.1. The number of nitrogens with one attached hydrogen (secondary N) is 2. The van der Waals surface area contributed by atoms with Crippen molar-refractivity contribution in [2.45, 2.75) is 6.92 Å². The second kappa shape index (κ2) is 8.47. The van der Waals surface area contributed by atoms with Crippen LogP contribution in [-0.4, -0.2) is 24.6 Å². The fourth-order valence-electron chi connectivity index (χ4n) is 1.79. The number of hydrogen-bond donors (Lipinski definition) is 2. The Balaban J connectivity index is 1.81. The minimum atomic E-state index is -0.447. The van der Waals surface area contributed by atoms with Gasteiger partial charge in [0, 0.05) is 16.1 Å². The predicted octanol–water partition coefficient (Wildman–Crippen LogP) is 3.18. The van der Waals surface area contributed by atoms with E-state index in [1.165, 1.54) is 6.21 Å². The highest BCUT2D eigenvalue weighted by molar-refractivity contribution is 6.36. The van der Waals surface area contributed by atoms with Crippen LogP contribution in [0.5, 0.6) is 0 Å². The molecule has 0 atom stereocenters. The number of nitrogens with zero attached hydrogens (tertiary/aromatic N) is 1. The Labute approximate surface area is 149 Å². The molecule has 2 rings (SSSR count). The highest BCUT2D eigenvalue weighted by Crippen LogP contribution is 2.19. The summed E-state index contributed by atoms with van der Waals surface area (Å²) in [5.74, 6) is -0.772. The summed E-state index contributed by atoms with van der Waals surface area (Å²) in [6.07, 6.45) is 1.40. The zero-order valence-electron chi connectivity index (χ0n) is 12.8. The Morgan fingerprint density at radius 3 is 2.50 bits per heavy atom. The molecular weight excluding hydrogens is 349 g/mol. The average molecular weight is 364 g/mol. The lowest BCUT2D eigenvalue weighted by molar-refractivity contribution is -0.120. The van der Waals surface area contributed by atoms with Crippen LogP contribution >= 0.6 is 23.2 Å². The molecule has 2 aromatic rings.